The van der Waals surface area contributed by atoms with Gasteiger partial charge in [0.05, 0.1) is 0 Å². The van der Waals surface area contributed by atoms with Crippen LogP contribution in [0.15, 0.2) is 31.5 Å². The number of aromatic nitrogens is 2. The quantitative estimate of drug-likeness (QED) is 0.577. The molecule has 0 fully saturated rings. The molecule has 0 atom stereocenters. The summed E-state index contributed by atoms with van der Waals surface area (Å²) in [5.74, 6) is 0. The third kappa shape index (κ3) is 0.677. The van der Waals surface area contributed by atoms with Gasteiger partial charge < -0.3 is 4.52 Å². The van der Waals surface area contributed by atoms with E-state index in [0.29, 0.717) is 5.69 Å². The third-order valence-corrected chi connectivity index (χ3v) is 1.00. The van der Waals surface area contributed by atoms with Crippen LogP contribution in [0.2, 0.25) is 0 Å². The molecule has 0 bridgehead atoms. The maximum Gasteiger partial charge on any atom is 0.232 e. The zero-order valence-corrected chi connectivity index (χ0v) is 4.75. The smallest absolute Gasteiger partial charge is 0.232 e. The molecule has 2 rings (SSSR count). The van der Waals surface area contributed by atoms with Gasteiger partial charge in [0.2, 0.25) is 6.17 Å². The Balaban J connectivity index is 2.29. The van der Waals surface area contributed by atoms with Crippen LogP contribution in [0, 0.1) is 0 Å². The average molecular weight is 138 g/mol. The Kier molecular flexibility index (Phi) is 0.998. The van der Waals surface area contributed by atoms with E-state index in [1.54, 1.807) is 0 Å². The lowest BCUT2D eigenvalue weighted by Crippen LogP contribution is -1.87. The average Bonchev–Trinajstić information content (AvgIpc) is 2.59. The molecular formula is C3H2N6O. The first-order valence-corrected chi connectivity index (χ1v) is 2.54. The van der Waals surface area contributed by atoms with E-state index in [4.69, 9.17) is 0 Å². The number of rotatable bonds is 1. The minimum Gasteiger partial charge on any atom is -0.345 e. The van der Waals surface area contributed by atoms with E-state index in [9.17, 15) is 0 Å². The summed E-state index contributed by atoms with van der Waals surface area (Å²) in [6.07, 6.45) is 0.903. The first kappa shape index (κ1) is 5.15. The fourth-order valence-electron chi connectivity index (χ4n) is 0.570. The van der Waals surface area contributed by atoms with E-state index < -0.39 is 6.17 Å². The van der Waals surface area contributed by atoms with Crippen molar-refractivity contribution in [3.8, 4) is 0 Å². The Morgan fingerprint density at radius 3 is 2.70 bits per heavy atom. The SMILES string of the molecule is c1onnc1C1N=NN=N1. The summed E-state index contributed by atoms with van der Waals surface area (Å²) in [4.78, 5) is 0. The monoisotopic (exact) mass is 138 g/mol. The zero-order valence-electron chi connectivity index (χ0n) is 4.75. The second kappa shape index (κ2) is 1.94. The summed E-state index contributed by atoms with van der Waals surface area (Å²) in [5.41, 5.74) is 0.519. The Morgan fingerprint density at radius 1 is 1.30 bits per heavy atom. The van der Waals surface area contributed by atoms with Gasteiger partial charge in [-0.3, -0.25) is 0 Å². The second-order valence-electron chi connectivity index (χ2n) is 1.61. The highest BCUT2D eigenvalue weighted by atomic mass is 16.5. The van der Waals surface area contributed by atoms with Gasteiger partial charge in [-0.1, -0.05) is 0 Å². The molecule has 1 aromatic heterocycles. The van der Waals surface area contributed by atoms with Gasteiger partial charge >= 0.3 is 0 Å². The molecule has 0 saturated carbocycles. The van der Waals surface area contributed by atoms with Crippen molar-refractivity contribution in [2.75, 3.05) is 0 Å². The van der Waals surface area contributed by atoms with Gasteiger partial charge in [-0.2, -0.15) is 0 Å². The highest BCUT2D eigenvalue weighted by molar-refractivity contribution is 4.96. The molecule has 2 heterocycles. The predicted molar refractivity (Wildman–Crippen MR) is 26.8 cm³/mol. The topological polar surface area (TPSA) is 88.4 Å². The van der Waals surface area contributed by atoms with Crippen LogP contribution in [0.5, 0.6) is 0 Å². The molecule has 7 heteroatoms. The number of nitrogens with zero attached hydrogens (tertiary/aromatic N) is 6. The van der Waals surface area contributed by atoms with E-state index in [0.717, 1.165) is 0 Å². The van der Waals surface area contributed by atoms with Gasteiger partial charge in [0.1, 0.15) is 0 Å². The molecule has 0 N–H and O–H groups in total. The maximum atomic E-state index is 4.46. The van der Waals surface area contributed by atoms with Crippen LogP contribution in [0.3, 0.4) is 0 Å². The van der Waals surface area contributed by atoms with Crippen LogP contribution in [0.25, 0.3) is 0 Å². The lowest BCUT2D eigenvalue weighted by atomic mass is 10.4. The highest BCUT2D eigenvalue weighted by Crippen LogP contribution is 2.20. The van der Waals surface area contributed by atoms with Gasteiger partial charge in [-0.05, 0) is 10.4 Å². The largest absolute Gasteiger partial charge is 0.345 e. The molecule has 50 valence electrons. The summed E-state index contributed by atoms with van der Waals surface area (Å²) >= 11 is 0. The van der Waals surface area contributed by atoms with Gasteiger partial charge in [-0.15, -0.1) is 15.3 Å². The maximum absolute atomic E-state index is 4.46. The molecule has 1 aliphatic rings. The van der Waals surface area contributed by atoms with Crippen molar-refractivity contribution in [3.63, 3.8) is 0 Å². The number of hydrogen-bond acceptors (Lipinski definition) is 7. The molecule has 0 aliphatic carbocycles. The van der Waals surface area contributed by atoms with E-state index in [-0.39, 0.29) is 0 Å². The van der Waals surface area contributed by atoms with Crippen LogP contribution >= 0.6 is 0 Å². The van der Waals surface area contributed by atoms with Crippen molar-refractivity contribution in [2.24, 2.45) is 20.7 Å². The van der Waals surface area contributed by atoms with Crippen molar-refractivity contribution in [2.45, 2.75) is 6.17 Å². The summed E-state index contributed by atoms with van der Waals surface area (Å²) in [7, 11) is 0. The fourth-order valence-corrected chi connectivity index (χ4v) is 0.570. The molecule has 0 saturated heterocycles. The summed E-state index contributed by atoms with van der Waals surface area (Å²) < 4.78 is 4.46. The first-order chi connectivity index (χ1) is 4.97. The molecule has 0 unspecified atom stereocenters. The van der Waals surface area contributed by atoms with Crippen LogP contribution in [-0.2, 0) is 0 Å². The first-order valence-electron chi connectivity index (χ1n) is 2.54. The van der Waals surface area contributed by atoms with Crippen LogP contribution in [0.1, 0.15) is 11.9 Å². The Morgan fingerprint density at radius 2 is 2.10 bits per heavy atom. The second-order valence-corrected chi connectivity index (χ2v) is 1.61. The molecule has 0 spiro atoms. The van der Waals surface area contributed by atoms with Crippen molar-refractivity contribution < 1.29 is 4.52 Å². The third-order valence-electron chi connectivity index (χ3n) is 1.00. The van der Waals surface area contributed by atoms with Gasteiger partial charge in [0.15, 0.2) is 12.0 Å². The number of hydrogen-bond donors (Lipinski definition) is 0. The fraction of sp³-hybridized carbons (Fsp3) is 0.333. The molecule has 0 radical (unpaired) electrons. The van der Waals surface area contributed by atoms with E-state index in [2.05, 4.69) is 35.6 Å². The Bertz CT molecular complexity index is 251. The molecule has 1 aliphatic heterocycles. The molecule has 1 aromatic rings. The lowest BCUT2D eigenvalue weighted by molar-refractivity contribution is 0.392. The van der Waals surface area contributed by atoms with Gasteiger partial charge in [0, 0.05) is 5.27 Å². The standard InChI is InChI=1S/C3H2N6O/c1-2(4-9-10-1)3-5-7-8-6-3/h1,3H. The molecule has 10 heavy (non-hydrogen) atoms. The van der Waals surface area contributed by atoms with Crippen LogP contribution in [0.4, 0.5) is 0 Å². The normalized spacial score (nSPS) is 16.8. The van der Waals surface area contributed by atoms with Gasteiger partial charge in [0.25, 0.3) is 0 Å². The van der Waals surface area contributed by atoms with Crippen molar-refractivity contribution in [3.05, 3.63) is 12.0 Å². The van der Waals surface area contributed by atoms with E-state index >= 15 is 0 Å². The minimum absolute atomic E-state index is 0.453. The van der Waals surface area contributed by atoms with Crippen LogP contribution in [-0.4, -0.2) is 10.4 Å². The van der Waals surface area contributed by atoms with Crippen molar-refractivity contribution >= 4 is 0 Å². The molecule has 7 nitrogen and oxygen atoms in total. The predicted octanol–water partition coefficient (Wildman–Crippen LogP) is 0.901. The minimum atomic E-state index is -0.453. The van der Waals surface area contributed by atoms with Crippen molar-refractivity contribution in [1.82, 2.24) is 10.4 Å². The summed E-state index contributed by atoms with van der Waals surface area (Å²) in [6, 6.07) is 0. The van der Waals surface area contributed by atoms with Crippen LogP contribution < -0.4 is 0 Å². The lowest BCUT2D eigenvalue weighted by Gasteiger charge is -1.87. The zero-order chi connectivity index (χ0) is 6.81. The van der Waals surface area contributed by atoms with Gasteiger partial charge in [-0.25, -0.2) is 0 Å². The Hall–Kier alpha value is -1.66. The van der Waals surface area contributed by atoms with Crippen molar-refractivity contribution in [1.29, 1.82) is 0 Å². The Labute approximate surface area is 54.8 Å². The van der Waals surface area contributed by atoms with E-state index in [1.807, 2.05) is 0 Å². The molecule has 0 amide bonds. The highest BCUT2D eigenvalue weighted by Gasteiger charge is 2.15. The summed E-state index contributed by atoms with van der Waals surface area (Å²) in [5, 5.41) is 20.6. The van der Waals surface area contributed by atoms with E-state index in [1.165, 1.54) is 6.26 Å². The summed E-state index contributed by atoms with van der Waals surface area (Å²) in [6.45, 7) is 0. The molecule has 0 aromatic carbocycles. The molecular weight excluding hydrogens is 136 g/mol.